The molecule has 4 nitrogen and oxygen atoms in total. The van der Waals surface area contributed by atoms with Crippen molar-refractivity contribution in [3.63, 3.8) is 0 Å². The first-order valence-electron chi connectivity index (χ1n) is 8.65. The van der Waals surface area contributed by atoms with E-state index in [1.54, 1.807) is 21.3 Å². The van der Waals surface area contributed by atoms with E-state index in [9.17, 15) is 0 Å². The van der Waals surface area contributed by atoms with Gasteiger partial charge >= 0.3 is 0 Å². The van der Waals surface area contributed by atoms with Gasteiger partial charge in [-0.25, -0.2) is 0 Å². The molecule has 1 aliphatic rings. The van der Waals surface area contributed by atoms with Crippen LogP contribution in [0.3, 0.4) is 0 Å². The summed E-state index contributed by atoms with van der Waals surface area (Å²) in [7, 11) is 7.21. The van der Waals surface area contributed by atoms with E-state index in [-0.39, 0.29) is 5.92 Å². The Bertz CT molecular complexity index is 757. The number of aryl methyl sites for hydroxylation is 1. The minimum Gasteiger partial charge on any atom is -0.493 e. The van der Waals surface area contributed by atoms with E-state index in [0.717, 1.165) is 31.0 Å². The molecule has 0 fully saturated rings. The Morgan fingerprint density at radius 1 is 1.00 bits per heavy atom. The van der Waals surface area contributed by atoms with Gasteiger partial charge in [-0.1, -0.05) is 29.8 Å². The van der Waals surface area contributed by atoms with Gasteiger partial charge in [0.2, 0.25) is 5.75 Å². The number of nitrogens with zero attached hydrogens (tertiary/aromatic N) is 1. The van der Waals surface area contributed by atoms with Crippen molar-refractivity contribution >= 4 is 0 Å². The molecule has 1 heterocycles. The van der Waals surface area contributed by atoms with Crippen molar-refractivity contribution < 1.29 is 14.2 Å². The van der Waals surface area contributed by atoms with Crippen LogP contribution in [0.25, 0.3) is 0 Å². The van der Waals surface area contributed by atoms with Crippen LogP contribution in [-0.2, 0) is 6.42 Å². The number of benzene rings is 2. The molecule has 0 bridgehead atoms. The minimum absolute atomic E-state index is 0.274. The van der Waals surface area contributed by atoms with Crippen LogP contribution in [0, 0.1) is 6.92 Å². The van der Waals surface area contributed by atoms with E-state index < -0.39 is 0 Å². The molecule has 0 spiro atoms. The largest absolute Gasteiger partial charge is 0.493 e. The summed E-state index contributed by atoms with van der Waals surface area (Å²) < 4.78 is 16.9. The fraction of sp³-hybridized carbons (Fsp3) is 0.429. The van der Waals surface area contributed by atoms with Crippen LogP contribution in [0.1, 0.15) is 28.2 Å². The second-order valence-electron chi connectivity index (χ2n) is 6.69. The number of fused-ring (bicyclic) bond motifs is 1. The first-order valence-corrected chi connectivity index (χ1v) is 8.65. The fourth-order valence-corrected chi connectivity index (χ4v) is 3.78. The highest BCUT2D eigenvalue weighted by Crippen LogP contribution is 2.46. The number of hydrogen-bond acceptors (Lipinski definition) is 4. The predicted octanol–water partition coefficient (Wildman–Crippen LogP) is 3.64. The zero-order valence-electron chi connectivity index (χ0n) is 15.8. The number of rotatable bonds is 4. The van der Waals surface area contributed by atoms with Crippen LogP contribution in [0.2, 0.25) is 0 Å². The average Bonchev–Trinajstić information content (AvgIpc) is 2.79. The van der Waals surface area contributed by atoms with E-state index in [2.05, 4.69) is 49.2 Å². The van der Waals surface area contributed by atoms with Crippen LogP contribution in [-0.4, -0.2) is 46.4 Å². The molecule has 0 unspecified atom stereocenters. The topological polar surface area (TPSA) is 30.9 Å². The lowest BCUT2D eigenvalue weighted by molar-refractivity contribution is 0.320. The van der Waals surface area contributed by atoms with Gasteiger partial charge in [0, 0.05) is 24.6 Å². The first kappa shape index (κ1) is 17.6. The highest BCUT2D eigenvalue weighted by molar-refractivity contribution is 5.61. The van der Waals surface area contributed by atoms with Gasteiger partial charge in [0.1, 0.15) is 0 Å². The summed E-state index contributed by atoms with van der Waals surface area (Å²) in [6, 6.07) is 10.9. The Morgan fingerprint density at radius 2 is 1.76 bits per heavy atom. The Kier molecular flexibility index (Phi) is 5.19. The standard InChI is InChI=1S/C21H27NO3/c1-14-7-6-8-15(11-14)18-13-22(2)10-9-16-17(18)12-19(23-3)21(25-5)20(16)24-4/h6-8,11-12,18H,9-10,13H2,1-5H3/t18-/m0/s1. The van der Waals surface area contributed by atoms with Crippen molar-refractivity contribution in [3.8, 4) is 17.2 Å². The van der Waals surface area contributed by atoms with Gasteiger partial charge in [-0.3, -0.25) is 0 Å². The molecule has 2 aromatic rings. The monoisotopic (exact) mass is 341 g/mol. The maximum Gasteiger partial charge on any atom is 0.203 e. The lowest BCUT2D eigenvalue weighted by Gasteiger charge is -2.24. The van der Waals surface area contributed by atoms with Crippen LogP contribution in [0.4, 0.5) is 0 Å². The minimum atomic E-state index is 0.274. The summed E-state index contributed by atoms with van der Waals surface area (Å²) in [5, 5.41) is 0. The molecule has 134 valence electrons. The maximum absolute atomic E-state index is 5.75. The molecule has 0 radical (unpaired) electrons. The lowest BCUT2D eigenvalue weighted by Crippen LogP contribution is -2.24. The summed E-state index contributed by atoms with van der Waals surface area (Å²) in [6.45, 7) is 4.09. The molecular formula is C21H27NO3. The van der Waals surface area contributed by atoms with Gasteiger partial charge in [0.05, 0.1) is 21.3 Å². The predicted molar refractivity (Wildman–Crippen MR) is 100 cm³/mol. The van der Waals surface area contributed by atoms with Gasteiger partial charge in [-0.15, -0.1) is 0 Å². The molecule has 0 N–H and O–H groups in total. The molecule has 0 saturated carbocycles. The Balaban J connectivity index is 2.23. The highest BCUT2D eigenvalue weighted by atomic mass is 16.5. The number of hydrogen-bond donors (Lipinski definition) is 0. The molecule has 25 heavy (non-hydrogen) atoms. The van der Waals surface area contributed by atoms with E-state index in [1.807, 2.05) is 0 Å². The van der Waals surface area contributed by atoms with Crippen molar-refractivity contribution in [2.24, 2.45) is 0 Å². The molecule has 3 rings (SSSR count). The molecule has 1 atom stereocenters. The van der Waals surface area contributed by atoms with Crippen LogP contribution in [0.5, 0.6) is 17.2 Å². The summed E-state index contributed by atoms with van der Waals surface area (Å²) in [5.74, 6) is 2.47. The molecule has 4 heteroatoms. The van der Waals surface area contributed by atoms with Crippen molar-refractivity contribution in [3.05, 3.63) is 52.6 Å². The van der Waals surface area contributed by atoms with Gasteiger partial charge in [0.25, 0.3) is 0 Å². The quantitative estimate of drug-likeness (QED) is 0.849. The van der Waals surface area contributed by atoms with Crippen molar-refractivity contribution in [2.75, 3.05) is 41.5 Å². The molecule has 2 aromatic carbocycles. The van der Waals surface area contributed by atoms with Crippen LogP contribution in [0.15, 0.2) is 30.3 Å². The summed E-state index contributed by atoms with van der Waals surface area (Å²) in [6.07, 6.45) is 0.928. The Labute approximate surface area is 150 Å². The highest BCUT2D eigenvalue weighted by Gasteiger charge is 2.29. The first-order chi connectivity index (χ1) is 12.1. The molecular weight excluding hydrogens is 314 g/mol. The fourth-order valence-electron chi connectivity index (χ4n) is 3.78. The third kappa shape index (κ3) is 3.31. The second kappa shape index (κ2) is 7.36. The van der Waals surface area contributed by atoms with Crippen molar-refractivity contribution in [1.29, 1.82) is 0 Å². The van der Waals surface area contributed by atoms with Gasteiger partial charge < -0.3 is 19.1 Å². The average molecular weight is 341 g/mol. The van der Waals surface area contributed by atoms with Gasteiger partial charge in [-0.05, 0) is 37.6 Å². The maximum atomic E-state index is 5.75. The molecule has 0 aromatic heterocycles. The Morgan fingerprint density at radius 3 is 2.40 bits per heavy atom. The normalized spacial score (nSPS) is 17.6. The summed E-state index contributed by atoms with van der Waals surface area (Å²) in [5.41, 5.74) is 5.09. The summed E-state index contributed by atoms with van der Waals surface area (Å²) >= 11 is 0. The van der Waals surface area contributed by atoms with E-state index in [1.165, 1.54) is 22.3 Å². The zero-order chi connectivity index (χ0) is 18.0. The van der Waals surface area contributed by atoms with E-state index >= 15 is 0 Å². The van der Waals surface area contributed by atoms with Crippen LogP contribution >= 0.6 is 0 Å². The lowest BCUT2D eigenvalue weighted by atomic mass is 9.86. The van der Waals surface area contributed by atoms with Crippen LogP contribution < -0.4 is 14.2 Å². The van der Waals surface area contributed by atoms with Crippen molar-refractivity contribution in [2.45, 2.75) is 19.3 Å². The van der Waals surface area contributed by atoms with Gasteiger partial charge in [-0.2, -0.15) is 0 Å². The third-order valence-electron chi connectivity index (χ3n) is 5.03. The second-order valence-corrected chi connectivity index (χ2v) is 6.69. The third-order valence-corrected chi connectivity index (χ3v) is 5.03. The van der Waals surface area contributed by atoms with E-state index in [0.29, 0.717) is 5.75 Å². The summed E-state index contributed by atoms with van der Waals surface area (Å²) in [4.78, 5) is 2.38. The molecule has 0 amide bonds. The molecule has 0 saturated heterocycles. The van der Waals surface area contributed by atoms with Crippen molar-refractivity contribution in [1.82, 2.24) is 4.90 Å². The number of likely N-dealkylation sites (N-methyl/N-ethyl adjacent to an activating group) is 1. The zero-order valence-corrected chi connectivity index (χ0v) is 15.8. The number of methoxy groups -OCH3 is 3. The SMILES string of the molecule is COc1cc2c(c(OC)c1OC)CCN(C)C[C@H]2c1cccc(C)c1. The smallest absolute Gasteiger partial charge is 0.203 e. The number of ether oxygens (including phenoxy) is 3. The Hall–Kier alpha value is -2.20. The van der Waals surface area contributed by atoms with Gasteiger partial charge in [0.15, 0.2) is 11.5 Å². The van der Waals surface area contributed by atoms with E-state index in [4.69, 9.17) is 14.2 Å². The molecule has 1 aliphatic heterocycles. The molecule has 0 aliphatic carbocycles.